The van der Waals surface area contributed by atoms with Gasteiger partial charge in [0.1, 0.15) is 5.60 Å². The van der Waals surface area contributed by atoms with Gasteiger partial charge in [0.15, 0.2) is 5.78 Å². The molecule has 3 aromatic carbocycles. The van der Waals surface area contributed by atoms with E-state index in [1.54, 1.807) is 7.11 Å². The van der Waals surface area contributed by atoms with Gasteiger partial charge in [-0.1, -0.05) is 94.8 Å². The largest absolute Gasteiger partial charge is 0.367 e. The number of benzene rings is 3. The number of hydrogen-bond acceptors (Lipinski definition) is 2. The molecule has 25 heavy (non-hydrogen) atoms. The molecule has 1 aliphatic rings. The predicted molar refractivity (Wildman–Crippen MR) is 102 cm³/mol. The average Bonchev–Trinajstić information content (AvgIpc) is 2.69. The number of fused-ring (bicyclic) bond motifs is 2. The van der Waals surface area contributed by atoms with Crippen LogP contribution < -0.4 is 0 Å². The number of rotatable bonds is 3. The van der Waals surface area contributed by atoms with Crippen molar-refractivity contribution in [3.05, 3.63) is 107 Å². The standard InChI is InChI=1S/C22H17BrO2/c1-25-22(21(23)15-9-3-2-4-10-15)18-13-7-5-11-16(18)20(24)17-12-6-8-14-19(17)22/h2-14,21H,1H3. The minimum atomic E-state index is -0.775. The molecule has 0 aromatic heterocycles. The summed E-state index contributed by atoms with van der Waals surface area (Å²) in [7, 11) is 1.71. The highest BCUT2D eigenvalue weighted by atomic mass is 79.9. The summed E-state index contributed by atoms with van der Waals surface area (Å²) in [5.74, 6) is 0.0478. The van der Waals surface area contributed by atoms with Crippen molar-refractivity contribution in [1.82, 2.24) is 0 Å². The highest BCUT2D eigenvalue weighted by Gasteiger charge is 2.49. The van der Waals surface area contributed by atoms with Gasteiger partial charge in [-0.25, -0.2) is 0 Å². The fourth-order valence-corrected chi connectivity index (χ4v) is 4.74. The maximum absolute atomic E-state index is 13.0. The van der Waals surface area contributed by atoms with Crippen molar-refractivity contribution in [2.75, 3.05) is 7.11 Å². The summed E-state index contributed by atoms with van der Waals surface area (Å²) in [4.78, 5) is 12.9. The van der Waals surface area contributed by atoms with E-state index in [0.29, 0.717) is 11.1 Å². The second-order valence-corrected chi connectivity index (χ2v) is 7.05. The van der Waals surface area contributed by atoms with Crippen LogP contribution in [0.4, 0.5) is 0 Å². The first kappa shape index (κ1) is 16.2. The molecule has 0 aliphatic heterocycles. The average molecular weight is 393 g/mol. The number of alkyl halides is 1. The monoisotopic (exact) mass is 392 g/mol. The second kappa shape index (κ2) is 6.25. The molecule has 3 heteroatoms. The summed E-state index contributed by atoms with van der Waals surface area (Å²) in [6.07, 6.45) is 0. The Labute approximate surface area is 155 Å². The number of ketones is 1. The quantitative estimate of drug-likeness (QED) is 0.568. The van der Waals surface area contributed by atoms with Crippen LogP contribution in [0.3, 0.4) is 0 Å². The zero-order valence-corrected chi connectivity index (χ0v) is 15.4. The van der Waals surface area contributed by atoms with Crippen LogP contribution >= 0.6 is 15.9 Å². The van der Waals surface area contributed by atoms with Crippen molar-refractivity contribution in [2.45, 2.75) is 10.4 Å². The molecule has 0 heterocycles. The Kier molecular flexibility index (Phi) is 4.06. The van der Waals surface area contributed by atoms with E-state index in [1.807, 2.05) is 66.7 Å². The molecular weight excluding hydrogens is 376 g/mol. The first-order valence-corrected chi connectivity index (χ1v) is 9.09. The van der Waals surface area contributed by atoms with E-state index in [1.165, 1.54) is 0 Å². The topological polar surface area (TPSA) is 26.3 Å². The Morgan fingerprint density at radius 1 is 0.800 bits per heavy atom. The molecule has 2 nitrogen and oxygen atoms in total. The number of carbonyl (C=O) groups is 1. The minimum Gasteiger partial charge on any atom is -0.367 e. The second-order valence-electron chi connectivity index (χ2n) is 6.13. The molecule has 0 N–H and O–H groups in total. The maximum atomic E-state index is 13.0. The van der Waals surface area contributed by atoms with Crippen LogP contribution in [-0.2, 0) is 10.3 Å². The Bertz CT molecular complexity index is 884. The molecule has 3 aromatic rings. The summed E-state index contributed by atoms with van der Waals surface area (Å²) < 4.78 is 6.20. The zero-order chi connectivity index (χ0) is 17.4. The summed E-state index contributed by atoms with van der Waals surface area (Å²) in [6.45, 7) is 0. The molecule has 0 spiro atoms. The van der Waals surface area contributed by atoms with E-state index in [9.17, 15) is 4.79 Å². The molecule has 0 saturated heterocycles. The van der Waals surface area contributed by atoms with E-state index in [-0.39, 0.29) is 10.6 Å². The van der Waals surface area contributed by atoms with Crippen molar-refractivity contribution in [3.63, 3.8) is 0 Å². The smallest absolute Gasteiger partial charge is 0.193 e. The van der Waals surface area contributed by atoms with E-state index in [0.717, 1.165) is 16.7 Å². The Morgan fingerprint density at radius 2 is 1.28 bits per heavy atom. The van der Waals surface area contributed by atoms with Crippen molar-refractivity contribution in [1.29, 1.82) is 0 Å². The lowest BCUT2D eigenvalue weighted by molar-refractivity contribution is 0.0180. The molecule has 1 atom stereocenters. The molecule has 4 rings (SSSR count). The van der Waals surface area contributed by atoms with E-state index < -0.39 is 5.60 Å². The maximum Gasteiger partial charge on any atom is 0.193 e. The van der Waals surface area contributed by atoms with E-state index in [2.05, 4.69) is 28.1 Å². The Balaban J connectivity index is 2.05. The van der Waals surface area contributed by atoms with Crippen LogP contribution in [0.15, 0.2) is 78.9 Å². The molecule has 0 radical (unpaired) electrons. The van der Waals surface area contributed by atoms with Gasteiger partial charge in [0, 0.05) is 29.4 Å². The summed E-state index contributed by atoms with van der Waals surface area (Å²) in [6, 6.07) is 25.6. The fourth-order valence-electron chi connectivity index (χ4n) is 3.75. The molecule has 124 valence electrons. The molecule has 1 unspecified atom stereocenters. The molecular formula is C22H17BrO2. The van der Waals surface area contributed by atoms with Crippen LogP contribution in [0, 0.1) is 0 Å². The van der Waals surface area contributed by atoms with Gasteiger partial charge in [0.25, 0.3) is 0 Å². The molecule has 0 fully saturated rings. The molecule has 0 saturated carbocycles. The summed E-state index contributed by atoms with van der Waals surface area (Å²) in [5, 5.41) is 0. The van der Waals surface area contributed by atoms with Gasteiger partial charge >= 0.3 is 0 Å². The van der Waals surface area contributed by atoms with Crippen LogP contribution in [-0.4, -0.2) is 12.9 Å². The number of halogens is 1. The van der Waals surface area contributed by atoms with Gasteiger partial charge in [0.2, 0.25) is 0 Å². The summed E-state index contributed by atoms with van der Waals surface area (Å²) >= 11 is 3.89. The minimum absolute atomic E-state index is 0.0478. The van der Waals surface area contributed by atoms with Gasteiger partial charge in [-0.15, -0.1) is 0 Å². The van der Waals surface area contributed by atoms with Gasteiger partial charge in [-0.2, -0.15) is 0 Å². The van der Waals surface area contributed by atoms with Crippen molar-refractivity contribution in [2.24, 2.45) is 0 Å². The number of ether oxygens (including phenoxy) is 1. The predicted octanol–water partition coefficient (Wildman–Crippen LogP) is 5.26. The highest BCUT2D eigenvalue weighted by Crippen LogP contribution is 2.53. The summed E-state index contributed by atoms with van der Waals surface area (Å²) in [5.41, 5.74) is 3.51. The third-order valence-electron chi connectivity index (χ3n) is 4.91. The lowest BCUT2D eigenvalue weighted by Gasteiger charge is -2.42. The molecule has 1 aliphatic carbocycles. The first-order chi connectivity index (χ1) is 12.2. The number of methoxy groups -OCH3 is 1. The normalized spacial score (nSPS) is 16.0. The van der Waals surface area contributed by atoms with Crippen molar-refractivity contribution >= 4 is 21.7 Å². The molecule has 0 bridgehead atoms. The highest BCUT2D eigenvalue weighted by molar-refractivity contribution is 9.09. The van der Waals surface area contributed by atoms with Gasteiger partial charge < -0.3 is 4.74 Å². The molecule has 0 amide bonds. The Hall–Kier alpha value is -2.23. The zero-order valence-electron chi connectivity index (χ0n) is 13.8. The fraction of sp³-hybridized carbons (Fsp3) is 0.136. The number of carbonyl (C=O) groups excluding carboxylic acids is 1. The Morgan fingerprint density at radius 3 is 1.80 bits per heavy atom. The SMILES string of the molecule is COC1(C(Br)c2ccccc2)c2ccccc2C(=O)c2ccccc21. The lowest BCUT2D eigenvalue weighted by Crippen LogP contribution is -2.40. The number of hydrogen-bond donors (Lipinski definition) is 0. The van der Waals surface area contributed by atoms with Gasteiger partial charge in [-0.3, -0.25) is 4.79 Å². The van der Waals surface area contributed by atoms with Crippen molar-refractivity contribution in [3.8, 4) is 0 Å². The van der Waals surface area contributed by atoms with Crippen LogP contribution in [0.2, 0.25) is 0 Å². The van der Waals surface area contributed by atoms with Crippen molar-refractivity contribution < 1.29 is 9.53 Å². The van der Waals surface area contributed by atoms with Crippen LogP contribution in [0.5, 0.6) is 0 Å². The first-order valence-electron chi connectivity index (χ1n) is 8.18. The third kappa shape index (κ3) is 2.30. The van der Waals surface area contributed by atoms with Gasteiger partial charge in [-0.05, 0) is 5.56 Å². The van der Waals surface area contributed by atoms with E-state index >= 15 is 0 Å². The van der Waals surface area contributed by atoms with Gasteiger partial charge in [0.05, 0.1) is 4.83 Å². The lowest BCUT2D eigenvalue weighted by atomic mass is 9.71. The van der Waals surface area contributed by atoms with E-state index in [4.69, 9.17) is 4.74 Å². The van der Waals surface area contributed by atoms with Crippen LogP contribution in [0.25, 0.3) is 0 Å². The third-order valence-corrected chi connectivity index (χ3v) is 6.09. The van der Waals surface area contributed by atoms with Crippen LogP contribution in [0.1, 0.15) is 37.4 Å².